The lowest BCUT2D eigenvalue weighted by Gasteiger charge is -2.23. The Morgan fingerprint density at radius 3 is 2.89 bits per heavy atom. The second kappa shape index (κ2) is 8.00. The maximum Gasteiger partial charge on any atom is 0.232 e. The maximum atomic E-state index is 12.0. The van der Waals surface area contributed by atoms with Gasteiger partial charge in [0.05, 0.1) is 10.8 Å². The summed E-state index contributed by atoms with van der Waals surface area (Å²) in [5.74, 6) is 0.602. The topological polar surface area (TPSA) is 32.3 Å². The third-order valence-corrected chi connectivity index (χ3v) is 4.66. The summed E-state index contributed by atoms with van der Waals surface area (Å²) in [5, 5.41) is 3.98. The molecule has 0 aromatic heterocycles. The van der Waals surface area contributed by atoms with Crippen molar-refractivity contribution in [3.8, 4) is 0 Å². The molecule has 1 aliphatic rings. The Balaban J connectivity index is 0.00000180. The molecule has 1 aromatic rings. The van der Waals surface area contributed by atoms with Crippen LogP contribution in [-0.2, 0) is 4.79 Å². The van der Waals surface area contributed by atoms with Gasteiger partial charge in [0.25, 0.3) is 0 Å². The molecule has 6 heteroatoms. The Morgan fingerprint density at radius 2 is 2.26 bits per heavy atom. The van der Waals surface area contributed by atoms with Gasteiger partial charge in [-0.05, 0) is 25.1 Å². The average Bonchev–Trinajstić information content (AvgIpc) is 2.90. The molecule has 0 aliphatic carbocycles. The van der Waals surface area contributed by atoms with E-state index in [1.165, 1.54) is 11.8 Å². The summed E-state index contributed by atoms with van der Waals surface area (Å²) >= 11 is 7.56. The molecular formula is C13H18Cl2N2OS. The summed E-state index contributed by atoms with van der Waals surface area (Å²) in [5.41, 5.74) is 0. The molecule has 1 aliphatic heterocycles. The fourth-order valence-corrected chi connectivity index (χ4v) is 3.14. The van der Waals surface area contributed by atoms with Gasteiger partial charge < -0.3 is 10.2 Å². The highest BCUT2D eigenvalue weighted by atomic mass is 35.5. The lowest BCUT2D eigenvalue weighted by Crippen LogP contribution is -2.39. The number of carbonyl (C=O) groups is 1. The Morgan fingerprint density at radius 1 is 1.53 bits per heavy atom. The minimum atomic E-state index is 0. The van der Waals surface area contributed by atoms with Crippen molar-refractivity contribution in [2.75, 3.05) is 25.9 Å². The van der Waals surface area contributed by atoms with E-state index in [2.05, 4.69) is 5.32 Å². The van der Waals surface area contributed by atoms with Crippen LogP contribution >= 0.6 is 35.8 Å². The van der Waals surface area contributed by atoms with Gasteiger partial charge in [0.1, 0.15) is 0 Å². The number of hydrogen-bond donors (Lipinski definition) is 1. The van der Waals surface area contributed by atoms with Crippen LogP contribution in [0.4, 0.5) is 0 Å². The zero-order valence-electron chi connectivity index (χ0n) is 10.8. The predicted octanol–water partition coefficient (Wildman–Crippen LogP) is 2.67. The monoisotopic (exact) mass is 320 g/mol. The number of nitrogens with one attached hydrogen (secondary N) is 1. The van der Waals surface area contributed by atoms with Crippen LogP contribution < -0.4 is 5.32 Å². The minimum Gasteiger partial charge on any atom is -0.341 e. The van der Waals surface area contributed by atoms with Crippen LogP contribution in [0.5, 0.6) is 0 Å². The van der Waals surface area contributed by atoms with Crippen LogP contribution in [0.1, 0.15) is 6.42 Å². The normalized spacial score (nSPS) is 17.9. The third-order valence-electron chi connectivity index (χ3n) is 3.16. The SMILES string of the molecule is CN(C(=O)CSc1ccccc1Cl)C1CCNC1.Cl. The molecule has 1 atom stereocenters. The number of hydrogen-bond acceptors (Lipinski definition) is 3. The smallest absolute Gasteiger partial charge is 0.232 e. The maximum absolute atomic E-state index is 12.0. The van der Waals surface area contributed by atoms with E-state index in [1.54, 1.807) is 0 Å². The number of benzene rings is 1. The largest absolute Gasteiger partial charge is 0.341 e. The van der Waals surface area contributed by atoms with Gasteiger partial charge in [0.2, 0.25) is 5.91 Å². The Hall–Kier alpha value is -0.420. The summed E-state index contributed by atoms with van der Waals surface area (Å²) in [7, 11) is 1.88. The number of rotatable bonds is 4. The molecule has 0 saturated carbocycles. The van der Waals surface area contributed by atoms with E-state index in [4.69, 9.17) is 11.6 Å². The van der Waals surface area contributed by atoms with Gasteiger partial charge in [-0.25, -0.2) is 0 Å². The highest BCUT2D eigenvalue weighted by Crippen LogP contribution is 2.26. The van der Waals surface area contributed by atoms with Gasteiger partial charge in [-0.2, -0.15) is 0 Å². The van der Waals surface area contributed by atoms with Crippen LogP contribution in [-0.4, -0.2) is 42.7 Å². The molecule has 1 fully saturated rings. The highest BCUT2D eigenvalue weighted by molar-refractivity contribution is 8.00. The lowest BCUT2D eigenvalue weighted by molar-refractivity contribution is -0.128. The molecule has 106 valence electrons. The first-order valence-corrected chi connectivity index (χ1v) is 7.38. The first-order valence-electron chi connectivity index (χ1n) is 6.02. The molecule has 1 saturated heterocycles. The molecular weight excluding hydrogens is 303 g/mol. The average molecular weight is 321 g/mol. The van der Waals surface area contributed by atoms with Crippen molar-refractivity contribution in [3.63, 3.8) is 0 Å². The van der Waals surface area contributed by atoms with E-state index >= 15 is 0 Å². The molecule has 2 rings (SSSR count). The fraction of sp³-hybridized carbons (Fsp3) is 0.462. The molecule has 1 unspecified atom stereocenters. The molecule has 1 aromatic carbocycles. The molecule has 0 bridgehead atoms. The van der Waals surface area contributed by atoms with Crippen LogP contribution in [0, 0.1) is 0 Å². The zero-order chi connectivity index (χ0) is 13.0. The Bertz CT molecular complexity index is 425. The molecule has 1 N–H and O–H groups in total. The number of halogens is 2. The van der Waals surface area contributed by atoms with Crippen molar-refractivity contribution in [2.24, 2.45) is 0 Å². The third kappa shape index (κ3) is 4.56. The lowest BCUT2D eigenvalue weighted by atomic mass is 10.2. The van der Waals surface area contributed by atoms with Crippen LogP contribution in [0.3, 0.4) is 0 Å². The van der Waals surface area contributed by atoms with Gasteiger partial charge in [0.15, 0.2) is 0 Å². The van der Waals surface area contributed by atoms with E-state index < -0.39 is 0 Å². The van der Waals surface area contributed by atoms with Gasteiger partial charge in [-0.1, -0.05) is 23.7 Å². The fourth-order valence-electron chi connectivity index (χ4n) is 1.98. The second-order valence-corrected chi connectivity index (χ2v) is 5.79. The number of carbonyl (C=O) groups excluding carboxylic acids is 1. The second-order valence-electron chi connectivity index (χ2n) is 4.37. The Labute approximate surface area is 129 Å². The molecule has 1 heterocycles. The van der Waals surface area contributed by atoms with Crippen molar-refractivity contribution in [1.82, 2.24) is 10.2 Å². The van der Waals surface area contributed by atoms with Crippen LogP contribution in [0.15, 0.2) is 29.2 Å². The van der Waals surface area contributed by atoms with Crippen molar-refractivity contribution in [2.45, 2.75) is 17.4 Å². The number of likely N-dealkylation sites (N-methyl/N-ethyl adjacent to an activating group) is 1. The van der Waals surface area contributed by atoms with E-state index in [9.17, 15) is 4.79 Å². The van der Waals surface area contributed by atoms with Crippen molar-refractivity contribution in [1.29, 1.82) is 0 Å². The first-order chi connectivity index (χ1) is 8.68. The van der Waals surface area contributed by atoms with Gasteiger partial charge in [0, 0.05) is 24.5 Å². The molecule has 3 nitrogen and oxygen atoms in total. The minimum absolute atomic E-state index is 0. The van der Waals surface area contributed by atoms with Gasteiger partial charge in [-0.15, -0.1) is 24.2 Å². The summed E-state index contributed by atoms with van der Waals surface area (Å²) in [6.07, 6.45) is 1.04. The van der Waals surface area contributed by atoms with Gasteiger partial charge >= 0.3 is 0 Å². The number of nitrogens with zero attached hydrogens (tertiary/aromatic N) is 1. The summed E-state index contributed by atoms with van der Waals surface area (Å²) in [6.45, 7) is 1.90. The van der Waals surface area contributed by atoms with E-state index in [1.807, 2.05) is 36.2 Å². The van der Waals surface area contributed by atoms with Crippen molar-refractivity contribution >= 4 is 41.7 Å². The summed E-state index contributed by atoms with van der Waals surface area (Å²) in [6, 6.07) is 7.95. The van der Waals surface area contributed by atoms with Crippen molar-refractivity contribution in [3.05, 3.63) is 29.3 Å². The quantitative estimate of drug-likeness (QED) is 0.866. The summed E-state index contributed by atoms with van der Waals surface area (Å²) < 4.78 is 0. The molecule has 0 spiro atoms. The van der Waals surface area contributed by atoms with E-state index in [0.717, 1.165) is 24.4 Å². The van der Waals surface area contributed by atoms with Gasteiger partial charge in [-0.3, -0.25) is 4.79 Å². The van der Waals surface area contributed by atoms with Crippen LogP contribution in [0.2, 0.25) is 5.02 Å². The number of thioether (sulfide) groups is 1. The van der Waals surface area contributed by atoms with Crippen molar-refractivity contribution < 1.29 is 4.79 Å². The standard InChI is InChI=1S/C13H17ClN2OS.ClH/c1-16(10-6-7-15-8-10)13(17)9-18-12-5-3-2-4-11(12)14;/h2-5,10,15H,6-9H2,1H3;1H. The number of amides is 1. The van der Waals surface area contributed by atoms with E-state index in [-0.39, 0.29) is 18.3 Å². The van der Waals surface area contributed by atoms with E-state index in [0.29, 0.717) is 16.8 Å². The Kier molecular flexibility index (Phi) is 7.00. The molecule has 19 heavy (non-hydrogen) atoms. The molecule has 1 amide bonds. The molecule has 0 radical (unpaired) electrons. The first kappa shape index (κ1) is 16.6. The summed E-state index contributed by atoms with van der Waals surface area (Å²) in [4.78, 5) is 14.9. The zero-order valence-corrected chi connectivity index (χ0v) is 13.2. The predicted molar refractivity (Wildman–Crippen MR) is 83.5 cm³/mol. The highest BCUT2D eigenvalue weighted by Gasteiger charge is 2.22. The van der Waals surface area contributed by atoms with Crippen LogP contribution in [0.25, 0.3) is 0 Å².